The number of hydrogen-bond donors (Lipinski definition) is 0. The van der Waals surface area contributed by atoms with Gasteiger partial charge in [0.1, 0.15) is 0 Å². The summed E-state index contributed by atoms with van der Waals surface area (Å²) in [5, 5.41) is 2.67. The van der Waals surface area contributed by atoms with Crippen LogP contribution in [-0.2, 0) is 5.41 Å². The maximum atomic E-state index is 2.45. The molecule has 0 bridgehead atoms. The third kappa shape index (κ3) is 3.20. The van der Waals surface area contributed by atoms with Crippen molar-refractivity contribution in [3.05, 3.63) is 180 Å². The van der Waals surface area contributed by atoms with E-state index in [0.29, 0.717) is 0 Å². The van der Waals surface area contributed by atoms with Gasteiger partial charge >= 0.3 is 0 Å². The van der Waals surface area contributed by atoms with Crippen molar-refractivity contribution >= 4 is 22.5 Å². The number of benzene rings is 7. The van der Waals surface area contributed by atoms with E-state index < -0.39 is 0 Å². The summed E-state index contributed by atoms with van der Waals surface area (Å²) in [6.45, 7) is 0. The Balaban J connectivity index is 1.32. The van der Waals surface area contributed by atoms with Crippen LogP contribution in [0.3, 0.4) is 0 Å². The molecular weight excluding hydrogens is 525 g/mol. The van der Waals surface area contributed by atoms with Crippen LogP contribution in [0.5, 0.6) is 0 Å². The average Bonchev–Trinajstić information content (AvgIpc) is 3.36. The van der Waals surface area contributed by atoms with E-state index in [4.69, 9.17) is 0 Å². The summed E-state index contributed by atoms with van der Waals surface area (Å²) in [6.07, 6.45) is 0. The fraction of sp³-hybridized carbons (Fsp3) is 0.0244. The minimum Gasteiger partial charge on any atom is -0.0888 e. The number of fused-ring (bicyclic) bond motifs is 5. The molecule has 0 saturated heterocycles. The molecule has 0 N–H and O–H groups in total. The molecule has 0 amide bonds. The van der Waals surface area contributed by atoms with Crippen molar-refractivity contribution < 1.29 is 0 Å². The largest absolute Gasteiger partial charge is 0.0888 e. The number of rotatable bonds is 3. The van der Waals surface area contributed by atoms with E-state index in [2.05, 4.69) is 158 Å². The molecule has 196 valence electrons. The van der Waals surface area contributed by atoms with Crippen molar-refractivity contribution in [2.24, 2.45) is 0 Å². The van der Waals surface area contributed by atoms with Gasteiger partial charge in [0.2, 0.25) is 0 Å². The van der Waals surface area contributed by atoms with E-state index in [1.54, 1.807) is 0 Å². The van der Waals surface area contributed by atoms with Gasteiger partial charge in [0, 0.05) is 20.7 Å². The zero-order chi connectivity index (χ0) is 27.7. The average molecular weight is 551 g/mol. The molecule has 1 aliphatic heterocycles. The maximum absolute atomic E-state index is 2.45. The predicted octanol–water partition coefficient (Wildman–Crippen LogP) is 11.0. The van der Waals surface area contributed by atoms with Gasteiger partial charge in [0.25, 0.3) is 0 Å². The van der Waals surface area contributed by atoms with Crippen LogP contribution in [0.15, 0.2) is 168 Å². The fourth-order valence-electron chi connectivity index (χ4n) is 7.47. The molecule has 0 saturated carbocycles. The predicted molar refractivity (Wildman–Crippen MR) is 176 cm³/mol. The topological polar surface area (TPSA) is 0 Å². The lowest BCUT2D eigenvalue weighted by Crippen LogP contribution is -2.28. The first-order chi connectivity index (χ1) is 20.8. The maximum Gasteiger partial charge on any atom is 0.0713 e. The van der Waals surface area contributed by atoms with Gasteiger partial charge in [-0.15, -0.1) is 0 Å². The van der Waals surface area contributed by atoms with Gasteiger partial charge in [-0.25, -0.2) is 0 Å². The van der Waals surface area contributed by atoms with E-state index in [1.165, 1.54) is 76.2 Å². The lowest BCUT2D eigenvalue weighted by Gasteiger charge is -2.34. The molecule has 7 aromatic carbocycles. The van der Waals surface area contributed by atoms with E-state index in [0.717, 1.165) is 0 Å². The number of hydrogen-bond acceptors (Lipinski definition) is 1. The molecule has 7 aromatic rings. The van der Waals surface area contributed by atoms with Gasteiger partial charge in [-0.05, 0) is 73.7 Å². The normalized spacial score (nSPS) is 13.8. The summed E-state index contributed by atoms with van der Waals surface area (Å²) in [7, 11) is 0. The Morgan fingerprint density at radius 1 is 0.405 bits per heavy atom. The second kappa shape index (κ2) is 9.08. The van der Waals surface area contributed by atoms with Gasteiger partial charge in [-0.1, -0.05) is 151 Å². The third-order valence-corrected chi connectivity index (χ3v) is 10.3. The highest BCUT2D eigenvalue weighted by molar-refractivity contribution is 7.99. The van der Waals surface area contributed by atoms with E-state index in [1.807, 2.05) is 11.8 Å². The molecule has 1 aliphatic carbocycles. The molecule has 9 rings (SSSR count). The summed E-state index contributed by atoms with van der Waals surface area (Å²) in [5.74, 6) is 0. The Labute approximate surface area is 250 Å². The smallest absolute Gasteiger partial charge is 0.0713 e. The summed E-state index contributed by atoms with van der Waals surface area (Å²) in [6, 6.07) is 58.4. The monoisotopic (exact) mass is 550 g/mol. The Morgan fingerprint density at radius 3 is 1.79 bits per heavy atom. The highest BCUT2D eigenvalue weighted by atomic mass is 32.2. The third-order valence-electron chi connectivity index (χ3n) is 9.15. The molecular formula is C41H26S. The van der Waals surface area contributed by atoms with Gasteiger partial charge in [-0.2, -0.15) is 0 Å². The first kappa shape index (κ1) is 23.8. The van der Waals surface area contributed by atoms with Crippen molar-refractivity contribution in [1.82, 2.24) is 0 Å². The van der Waals surface area contributed by atoms with Crippen molar-refractivity contribution in [1.29, 1.82) is 0 Å². The molecule has 0 unspecified atom stereocenters. The summed E-state index contributed by atoms with van der Waals surface area (Å²) in [4.78, 5) is 2.66. The minimum atomic E-state index is -0.372. The van der Waals surface area contributed by atoms with Crippen molar-refractivity contribution in [3.63, 3.8) is 0 Å². The highest BCUT2D eigenvalue weighted by Gasteiger charge is 2.46. The van der Waals surface area contributed by atoms with Crippen molar-refractivity contribution in [2.45, 2.75) is 15.2 Å². The highest BCUT2D eigenvalue weighted by Crippen LogP contribution is 2.57. The molecule has 0 atom stereocenters. The Morgan fingerprint density at radius 2 is 1.00 bits per heavy atom. The lowest BCUT2D eigenvalue weighted by molar-refractivity contribution is 0.768. The quantitative estimate of drug-likeness (QED) is 0.211. The summed E-state index contributed by atoms with van der Waals surface area (Å²) >= 11 is 1.89. The standard InChI is InChI=1S/C41H26S/c1-3-14-29(15-4-1)41(30-16-5-2-6-17-30)35-21-8-7-18-32(35)34-26-28(24-25-36(34)41)31-19-11-23-38-40(31)33-20-9-12-27-13-10-22-37(42-38)39(27)33/h1-26H. The lowest BCUT2D eigenvalue weighted by atomic mass is 9.67. The first-order valence-electron chi connectivity index (χ1n) is 14.5. The van der Waals surface area contributed by atoms with Crippen molar-refractivity contribution in [2.75, 3.05) is 0 Å². The van der Waals surface area contributed by atoms with Gasteiger partial charge in [0.15, 0.2) is 0 Å². The summed E-state index contributed by atoms with van der Waals surface area (Å²) in [5.41, 5.74) is 12.8. The molecule has 0 radical (unpaired) electrons. The molecule has 1 heteroatoms. The second-order valence-corrected chi connectivity index (χ2v) is 12.3. The molecule has 1 heterocycles. The van der Waals surface area contributed by atoms with Crippen LogP contribution in [0.1, 0.15) is 22.3 Å². The molecule has 2 aliphatic rings. The zero-order valence-corrected chi connectivity index (χ0v) is 23.7. The summed E-state index contributed by atoms with van der Waals surface area (Å²) < 4.78 is 0. The van der Waals surface area contributed by atoms with E-state index in [-0.39, 0.29) is 5.41 Å². The fourth-order valence-corrected chi connectivity index (χ4v) is 8.65. The first-order valence-corrected chi connectivity index (χ1v) is 15.3. The molecule has 0 fully saturated rings. The van der Waals surface area contributed by atoms with Crippen LogP contribution in [0.4, 0.5) is 0 Å². The molecule has 0 nitrogen and oxygen atoms in total. The van der Waals surface area contributed by atoms with Gasteiger partial charge in [0.05, 0.1) is 5.41 Å². The Hall–Kier alpha value is -4.85. The van der Waals surface area contributed by atoms with Crippen LogP contribution >= 0.6 is 11.8 Å². The van der Waals surface area contributed by atoms with Crippen molar-refractivity contribution in [3.8, 4) is 33.4 Å². The van der Waals surface area contributed by atoms with Crippen LogP contribution < -0.4 is 0 Å². The Kier molecular flexibility index (Phi) is 5.15. The molecule has 0 aromatic heterocycles. The minimum absolute atomic E-state index is 0.372. The molecule has 42 heavy (non-hydrogen) atoms. The van der Waals surface area contributed by atoms with Crippen LogP contribution in [0.2, 0.25) is 0 Å². The van der Waals surface area contributed by atoms with Crippen LogP contribution in [-0.4, -0.2) is 0 Å². The van der Waals surface area contributed by atoms with E-state index >= 15 is 0 Å². The van der Waals surface area contributed by atoms with Crippen LogP contribution in [0.25, 0.3) is 44.2 Å². The zero-order valence-electron chi connectivity index (χ0n) is 22.9. The van der Waals surface area contributed by atoms with E-state index in [9.17, 15) is 0 Å². The van der Waals surface area contributed by atoms with Crippen LogP contribution in [0, 0.1) is 0 Å². The van der Waals surface area contributed by atoms with Gasteiger partial charge < -0.3 is 0 Å². The SMILES string of the molecule is c1ccc(C2(c3ccccc3)c3ccccc3-c3cc(-c4cccc5c4-c4cccc6cccc(c46)S5)ccc32)cc1. The van der Waals surface area contributed by atoms with Gasteiger partial charge in [-0.3, -0.25) is 0 Å². The Bertz CT molecular complexity index is 2110. The molecule has 0 spiro atoms. The second-order valence-electron chi connectivity index (χ2n) is 11.2.